The molecule has 108 valence electrons. The van der Waals surface area contributed by atoms with Crippen molar-refractivity contribution in [3.63, 3.8) is 0 Å². The zero-order valence-corrected chi connectivity index (χ0v) is 14.2. The standard InChI is InChI=1S/C16H12BrCl2NO/c17-11-5-6-15-10(8-11)4-7-16(21)20(15)9-12-13(18)2-1-3-14(12)19/h1-3,5-6,8H,4,7,9H2. The lowest BCUT2D eigenvalue weighted by atomic mass is 10.0. The summed E-state index contributed by atoms with van der Waals surface area (Å²) in [7, 11) is 0. The van der Waals surface area contributed by atoms with E-state index in [0.29, 0.717) is 23.0 Å². The highest BCUT2D eigenvalue weighted by Gasteiger charge is 2.25. The molecule has 0 N–H and O–H groups in total. The van der Waals surface area contributed by atoms with E-state index in [-0.39, 0.29) is 5.91 Å². The Bertz CT molecular complexity index is 697. The Kier molecular flexibility index (Phi) is 4.25. The molecule has 2 nitrogen and oxygen atoms in total. The summed E-state index contributed by atoms with van der Waals surface area (Å²) >= 11 is 15.9. The van der Waals surface area contributed by atoms with Crippen LogP contribution in [0.3, 0.4) is 0 Å². The molecule has 0 aliphatic carbocycles. The van der Waals surface area contributed by atoms with E-state index in [1.54, 1.807) is 23.1 Å². The molecule has 2 aromatic carbocycles. The smallest absolute Gasteiger partial charge is 0.227 e. The number of aryl methyl sites for hydroxylation is 1. The van der Waals surface area contributed by atoms with Gasteiger partial charge in [0.2, 0.25) is 5.91 Å². The first-order valence-corrected chi connectivity index (χ1v) is 8.13. The molecule has 2 aromatic rings. The molecule has 0 aromatic heterocycles. The molecule has 1 heterocycles. The predicted molar refractivity (Wildman–Crippen MR) is 90.1 cm³/mol. The van der Waals surface area contributed by atoms with E-state index in [1.165, 1.54) is 0 Å². The van der Waals surface area contributed by atoms with Crippen LogP contribution in [-0.2, 0) is 17.8 Å². The van der Waals surface area contributed by atoms with Gasteiger partial charge in [-0.1, -0.05) is 45.2 Å². The van der Waals surface area contributed by atoms with E-state index in [4.69, 9.17) is 23.2 Å². The monoisotopic (exact) mass is 383 g/mol. The van der Waals surface area contributed by atoms with E-state index < -0.39 is 0 Å². The number of carbonyl (C=O) groups is 1. The summed E-state index contributed by atoms with van der Waals surface area (Å²) < 4.78 is 1.02. The second-order valence-electron chi connectivity index (χ2n) is 4.95. The molecular weight excluding hydrogens is 373 g/mol. The van der Waals surface area contributed by atoms with Crippen molar-refractivity contribution in [3.05, 3.63) is 62.0 Å². The van der Waals surface area contributed by atoms with Crippen LogP contribution in [0.1, 0.15) is 17.5 Å². The Labute approximate surface area is 141 Å². The number of benzene rings is 2. The zero-order chi connectivity index (χ0) is 15.0. The third kappa shape index (κ3) is 2.96. The Hall–Kier alpha value is -1.03. The summed E-state index contributed by atoms with van der Waals surface area (Å²) in [6, 6.07) is 11.3. The molecule has 0 fully saturated rings. The number of carbonyl (C=O) groups excluding carboxylic acids is 1. The van der Waals surface area contributed by atoms with Crippen molar-refractivity contribution in [1.82, 2.24) is 0 Å². The van der Waals surface area contributed by atoms with Crippen LogP contribution in [-0.4, -0.2) is 5.91 Å². The van der Waals surface area contributed by atoms with E-state index in [2.05, 4.69) is 22.0 Å². The molecule has 1 aliphatic heterocycles. The van der Waals surface area contributed by atoms with Crippen LogP contribution in [0.5, 0.6) is 0 Å². The lowest BCUT2D eigenvalue weighted by Gasteiger charge is -2.30. The maximum atomic E-state index is 12.3. The zero-order valence-electron chi connectivity index (χ0n) is 11.1. The summed E-state index contributed by atoms with van der Waals surface area (Å²) in [5.41, 5.74) is 2.88. The number of amides is 1. The lowest BCUT2D eigenvalue weighted by molar-refractivity contribution is -0.119. The number of nitrogens with zero attached hydrogens (tertiary/aromatic N) is 1. The van der Waals surface area contributed by atoms with Crippen LogP contribution in [0.15, 0.2) is 40.9 Å². The van der Waals surface area contributed by atoms with Gasteiger partial charge in [0.15, 0.2) is 0 Å². The van der Waals surface area contributed by atoms with Crippen molar-refractivity contribution < 1.29 is 4.79 Å². The van der Waals surface area contributed by atoms with Gasteiger partial charge in [0.25, 0.3) is 0 Å². The van der Waals surface area contributed by atoms with Crippen molar-refractivity contribution in [1.29, 1.82) is 0 Å². The summed E-state index contributed by atoms with van der Waals surface area (Å²) in [6.07, 6.45) is 1.27. The highest BCUT2D eigenvalue weighted by molar-refractivity contribution is 9.10. The number of rotatable bonds is 2. The summed E-state index contributed by atoms with van der Waals surface area (Å²) in [5, 5.41) is 1.17. The molecule has 0 saturated heterocycles. The minimum Gasteiger partial charge on any atom is -0.308 e. The molecule has 21 heavy (non-hydrogen) atoms. The van der Waals surface area contributed by atoms with Crippen molar-refractivity contribution in [3.8, 4) is 0 Å². The first-order chi connectivity index (χ1) is 10.1. The number of hydrogen-bond donors (Lipinski definition) is 0. The van der Waals surface area contributed by atoms with E-state index >= 15 is 0 Å². The lowest BCUT2D eigenvalue weighted by Crippen LogP contribution is -2.34. The molecule has 0 radical (unpaired) electrons. The minimum absolute atomic E-state index is 0.0980. The maximum absolute atomic E-state index is 12.3. The molecule has 0 bridgehead atoms. The third-order valence-electron chi connectivity index (χ3n) is 3.62. The normalized spacial score (nSPS) is 14.2. The quantitative estimate of drug-likeness (QED) is 0.693. The van der Waals surface area contributed by atoms with Gasteiger partial charge in [0.1, 0.15) is 0 Å². The largest absolute Gasteiger partial charge is 0.308 e. The van der Waals surface area contributed by atoms with Gasteiger partial charge in [-0.2, -0.15) is 0 Å². The molecule has 3 rings (SSSR count). The van der Waals surface area contributed by atoms with Crippen molar-refractivity contribution in [2.24, 2.45) is 0 Å². The Morgan fingerprint density at radius 2 is 1.81 bits per heavy atom. The molecule has 1 amide bonds. The maximum Gasteiger partial charge on any atom is 0.227 e. The number of fused-ring (bicyclic) bond motifs is 1. The van der Waals surface area contributed by atoms with Gasteiger partial charge >= 0.3 is 0 Å². The number of hydrogen-bond acceptors (Lipinski definition) is 1. The SMILES string of the molecule is O=C1CCc2cc(Br)ccc2N1Cc1c(Cl)cccc1Cl. The average molecular weight is 385 g/mol. The second-order valence-corrected chi connectivity index (χ2v) is 6.68. The molecular formula is C16H12BrCl2NO. The topological polar surface area (TPSA) is 20.3 Å². The van der Waals surface area contributed by atoms with Gasteiger partial charge in [-0.25, -0.2) is 0 Å². The molecule has 5 heteroatoms. The number of anilines is 1. The summed E-state index contributed by atoms with van der Waals surface area (Å²) in [5.74, 6) is 0.0980. The molecule has 0 spiro atoms. The Balaban J connectivity index is 2.01. The summed E-state index contributed by atoms with van der Waals surface area (Å²) in [6.45, 7) is 0.395. The van der Waals surface area contributed by atoms with Gasteiger partial charge in [0, 0.05) is 32.2 Å². The van der Waals surface area contributed by atoms with Crippen LogP contribution in [0.2, 0.25) is 10.0 Å². The van der Waals surface area contributed by atoms with E-state index in [9.17, 15) is 4.79 Å². The fourth-order valence-electron chi connectivity index (χ4n) is 2.54. The first-order valence-electron chi connectivity index (χ1n) is 6.58. The first kappa shape index (κ1) is 14.9. The number of halogens is 3. The van der Waals surface area contributed by atoms with Gasteiger partial charge in [-0.05, 0) is 42.3 Å². The van der Waals surface area contributed by atoms with E-state index in [1.807, 2.05) is 12.1 Å². The average Bonchev–Trinajstić information content (AvgIpc) is 2.45. The van der Waals surface area contributed by atoms with Gasteiger partial charge < -0.3 is 4.90 Å². The highest BCUT2D eigenvalue weighted by Crippen LogP contribution is 2.34. The predicted octanol–water partition coefficient (Wildman–Crippen LogP) is 5.24. The van der Waals surface area contributed by atoms with Crippen molar-refractivity contribution in [2.45, 2.75) is 19.4 Å². The molecule has 0 unspecified atom stereocenters. The van der Waals surface area contributed by atoms with E-state index in [0.717, 1.165) is 27.7 Å². The second kappa shape index (κ2) is 5.99. The minimum atomic E-state index is 0.0980. The van der Waals surface area contributed by atoms with Crippen LogP contribution in [0.4, 0.5) is 5.69 Å². The Morgan fingerprint density at radius 3 is 2.52 bits per heavy atom. The van der Waals surface area contributed by atoms with Crippen LogP contribution >= 0.6 is 39.1 Å². The molecule has 1 aliphatic rings. The van der Waals surface area contributed by atoms with Crippen molar-refractivity contribution in [2.75, 3.05) is 4.90 Å². The fourth-order valence-corrected chi connectivity index (χ4v) is 3.47. The van der Waals surface area contributed by atoms with Crippen molar-refractivity contribution >= 4 is 50.7 Å². The van der Waals surface area contributed by atoms with Crippen LogP contribution in [0, 0.1) is 0 Å². The van der Waals surface area contributed by atoms with Gasteiger partial charge in [-0.3, -0.25) is 4.79 Å². The summed E-state index contributed by atoms with van der Waals surface area (Å²) in [4.78, 5) is 14.1. The third-order valence-corrected chi connectivity index (χ3v) is 4.82. The highest BCUT2D eigenvalue weighted by atomic mass is 79.9. The Morgan fingerprint density at radius 1 is 1.10 bits per heavy atom. The van der Waals surface area contributed by atoms with Gasteiger partial charge in [0.05, 0.1) is 6.54 Å². The van der Waals surface area contributed by atoms with Gasteiger partial charge in [-0.15, -0.1) is 0 Å². The van der Waals surface area contributed by atoms with Crippen LogP contribution in [0.25, 0.3) is 0 Å². The van der Waals surface area contributed by atoms with Crippen LogP contribution < -0.4 is 4.90 Å². The molecule has 0 atom stereocenters. The fraction of sp³-hybridized carbons (Fsp3) is 0.188. The molecule has 0 saturated carbocycles.